The molecule has 0 spiro atoms. The second-order valence-electron chi connectivity index (χ2n) is 11.0. The molecular weight excluding hydrogens is 450 g/mol. The number of fused-ring (bicyclic) bond motifs is 2. The molecule has 1 saturated carbocycles. The Hall–Kier alpha value is -2.64. The van der Waals surface area contributed by atoms with Crippen LogP contribution in [-0.4, -0.2) is 71.9 Å². The molecule has 2 aromatic heterocycles. The number of piperidine rings is 1. The van der Waals surface area contributed by atoms with Crippen molar-refractivity contribution in [3.8, 4) is 5.88 Å². The predicted octanol–water partition coefficient (Wildman–Crippen LogP) is 4.97. The second kappa shape index (κ2) is 10.8. The van der Waals surface area contributed by atoms with Crippen LogP contribution in [0.5, 0.6) is 5.88 Å². The Bertz CT molecular complexity index is 1140. The normalized spacial score (nSPS) is 23.8. The van der Waals surface area contributed by atoms with Gasteiger partial charge in [-0.15, -0.1) is 0 Å². The van der Waals surface area contributed by atoms with Crippen molar-refractivity contribution in [2.24, 2.45) is 5.92 Å². The van der Waals surface area contributed by atoms with E-state index in [-0.39, 0.29) is 0 Å². The molecule has 3 aliphatic rings. The van der Waals surface area contributed by atoms with Crippen LogP contribution in [0.3, 0.4) is 0 Å². The van der Waals surface area contributed by atoms with Gasteiger partial charge in [0.15, 0.2) is 11.4 Å². The summed E-state index contributed by atoms with van der Waals surface area (Å²) in [5, 5.41) is 5.51. The quantitative estimate of drug-likeness (QED) is 0.465. The minimum Gasteiger partial charge on any atom is -0.477 e. The molecule has 3 fully saturated rings. The van der Waals surface area contributed by atoms with Gasteiger partial charge in [0.25, 0.3) is 0 Å². The summed E-state index contributed by atoms with van der Waals surface area (Å²) in [5.41, 5.74) is 1.98. The molecule has 0 radical (unpaired) electrons. The number of aromatic nitrogens is 2. The monoisotopic (exact) mass is 489 g/mol. The maximum atomic E-state index is 6.23. The number of rotatable bonds is 7. The molecule has 0 amide bonds. The van der Waals surface area contributed by atoms with Gasteiger partial charge in [0.1, 0.15) is 0 Å². The van der Waals surface area contributed by atoms with Crippen molar-refractivity contribution in [3.63, 3.8) is 0 Å². The Kier molecular flexibility index (Phi) is 7.10. The Labute approximate surface area is 214 Å². The minimum absolute atomic E-state index is 0.552. The van der Waals surface area contributed by atoms with Crippen LogP contribution < -0.4 is 9.64 Å². The Morgan fingerprint density at radius 1 is 0.972 bits per heavy atom. The van der Waals surface area contributed by atoms with Gasteiger partial charge in [-0.05, 0) is 50.9 Å². The number of para-hydroxylation sites is 1. The van der Waals surface area contributed by atoms with Crippen LogP contribution in [0.2, 0.25) is 0 Å². The summed E-state index contributed by atoms with van der Waals surface area (Å²) in [4.78, 5) is 12.4. The first-order valence-corrected chi connectivity index (χ1v) is 13.9. The summed E-state index contributed by atoms with van der Waals surface area (Å²) in [6, 6.07) is 15.7. The van der Waals surface area contributed by atoms with Crippen LogP contribution >= 0.6 is 0 Å². The average Bonchev–Trinajstić information content (AvgIpc) is 3.36. The lowest BCUT2D eigenvalue weighted by Gasteiger charge is -2.46. The van der Waals surface area contributed by atoms with Gasteiger partial charge < -0.3 is 14.2 Å². The molecule has 0 N–H and O–H groups in total. The Morgan fingerprint density at radius 3 is 2.78 bits per heavy atom. The van der Waals surface area contributed by atoms with Crippen LogP contribution in [0.1, 0.15) is 50.6 Å². The molecule has 2 atom stereocenters. The van der Waals surface area contributed by atoms with Crippen LogP contribution in [0.15, 0.2) is 47.0 Å². The first-order valence-electron chi connectivity index (χ1n) is 13.9. The highest BCUT2D eigenvalue weighted by Crippen LogP contribution is 2.31. The van der Waals surface area contributed by atoms with Crippen LogP contribution in [-0.2, 0) is 6.54 Å². The number of nitrogens with zero attached hydrogens (tertiary/aromatic N) is 5. The topological polar surface area (TPSA) is 57.9 Å². The minimum atomic E-state index is 0.552. The first-order chi connectivity index (χ1) is 17.7. The van der Waals surface area contributed by atoms with Crippen molar-refractivity contribution < 1.29 is 9.26 Å². The van der Waals surface area contributed by atoms with E-state index in [1.165, 1.54) is 44.9 Å². The van der Waals surface area contributed by atoms with E-state index in [1.54, 1.807) is 0 Å². The molecule has 2 aliphatic heterocycles. The summed E-state index contributed by atoms with van der Waals surface area (Å²) in [5.74, 6) is 2.32. The van der Waals surface area contributed by atoms with E-state index in [2.05, 4.69) is 51.2 Å². The number of pyridine rings is 1. The zero-order valence-corrected chi connectivity index (χ0v) is 21.5. The second-order valence-corrected chi connectivity index (χ2v) is 11.0. The molecular formula is C29H39N5O2. The third kappa shape index (κ3) is 5.23. The Balaban J connectivity index is 0.998. The summed E-state index contributed by atoms with van der Waals surface area (Å²) < 4.78 is 11.8. The van der Waals surface area contributed by atoms with Crippen molar-refractivity contribution in [2.75, 3.05) is 44.7 Å². The molecule has 2 unspecified atom stereocenters. The van der Waals surface area contributed by atoms with Crippen LogP contribution in [0, 0.1) is 5.92 Å². The largest absolute Gasteiger partial charge is 0.477 e. The molecule has 1 aliphatic carbocycles. The van der Waals surface area contributed by atoms with Gasteiger partial charge in [0.05, 0.1) is 17.7 Å². The van der Waals surface area contributed by atoms with Crippen molar-refractivity contribution in [1.82, 2.24) is 19.9 Å². The lowest BCUT2D eigenvalue weighted by atomic mass is 9.91. The molecule has 3 aromatic rings. The molecule has 2 saturated heterocycles. The lowest BCUT2D eigenvalue weighted by Crippen LogP contribution is -2.57. The summed E-state index contributed by atoms with van der Waals surface area (Å²) in [7, 11) is 2.24. The Morgan fingerprint density at radius 2 is 1.86 bits per heavy atom. The third-order valence-corrected chi connectivity index (χ3v) is 8.52. The molecule has 7 heteroatoms. The van der Waals surface area contributed by atoms with Gasteiger partial charge in [0.2, 0.25) is 5.88 Å². The van der Waals surface area contributed by atoms with Gasteiger partial charge >= 0.3 is 0 Å². The van der Waals surface area contributed by atoms with Crippen molar-refractivity contribution in [2.45, 2.75) is 63.6 Å². The first kappa shape index (κ1) is 23.7. The van der Waals surface area contributed by atoms with E-state index in [4.69, 9.17) is 14.2 Å². The summed E-state index contributed by atoms with van der Waals surface area (Å²) in [6.07, 6.45) is 9.14. The summed E-state index contributed by atoms with van der Waals surface area (Å²) in [6.45, 7) is 5.81. The van der Waals surface area contributed by atoms with Crippen molar-refractivity contribution in [1.29, 1.82) is 0 Å². The highest BCUT2D eigenvalue weighted by molar-refractivity contribution is 5.88. The highest BCUT2D eigenvalue weighted by Gasteiger charge is 2.34. The van der Waals surface area contributed by atoms with Gasteiger partial charge in [-0.1, -0.05) is 42.6 Å². The maximum Gasteiger partial charge on any atom is 0.213 e. The zero-order chi connectivity index (χ0) is 24.3. The van der Waals surface area contributed by atoms with E-state index < -0.39 is 0 Å². The fraction of sp³-hybridized carbons (Fsp3) is 0.586. The van der Waals surface area contributed by atoms with E-state index in [0.717, 1.165) is 67.7 Å². The average molecular weight is 490 g/mol. The van der Waals surface area contributed by atoms with Crippen LogP contribution in [0.25, 0.3) is 11.0 Å². The number of ether oxygens (including phenoxy) is 1. The molecule has 6 rings (SSSR count). The fourth-order valence-corrected chi connectivity index (χ4v) is 6.42. The number of piperazine rings is 1. The number of anilines is 1. The van der Waals surface area contributed by atoms with E-state index >= 15 is 0 Å². The molecule has 192 valence electrons. The van der Waals surface area contributed by atoms with Crippen LogP contribution in [0.4, 0.5) is 5.82 Å². The molecule has 1 aromatic carbocycles. The van der Waals surface area contributed by atoms with Gasteiger partial charge in [-0.2, -0.15) is 0 Å². The van der Waals surface area contributed by atoms with Crippen molar-refractivity contribution >= 4 is 16.8 Å². The molecule has 0 bridgehead atoms. The zero-order valence-electron chi connectivity index (χ0n) is 21.5. The van der Waals surface area contributed by atoms with E-state index in [1.807, 2.05) is 18.2 Å². The standard InChI is InChI=1S/C29H39N5O2/c1-32(24-9-3-2-4-10-24)19-23-8-7-13-28(30-23)35-21-22-14-15-25-20-34(17-16-33(25)18-22)29-26-11-5-6-12-27(26)36-31-29/h5-8,11-13,22,24-25H,2-4,9-10,14-21H2,1H3. The van der Waals surface area contributed by atoms with Gasteiger partial charge in [-0.3, -0.25) is 9.80 Å². The number of benzene rings is 1. The maximum absolute atomic E-state index is 6.23. The smallest absolute Gasteiger partial charge is 0.213 e. The SMILES string of the molecule is CN(Cc1cccc(OCC2CCC3CN(c4noc5ccccc45)CCN3C2)n1)C1CCCCC1. The molecule has 7 nitrogen and oxygen atoms in total. The van der Waals surface area contributed by atoms with Crippen molar-refractivity contribution in [3.05, 3.63) is 48.2 Å². The summed E-state index contributed by atoms with van der Waals surface area (Å²) >= 11 is 0. The number of hydrogen-bond acceptors (Lipinski definition) is 7. The van der Waals surface area contributed by atoms with Gasteiger partial charge in [0, 0.05) is 56.8 Å². The van der Waals surface area contributed by atoms with E-state index in [9.17, 15) is 0 Å². The number of hydrogen-bond donors (Lipinski definition) is 0. The highest BCUT2D eigenvalue weighted by atomic mass is 16.5. The fourth-order valence-electron chi connectivity index (χ4n) is 6.42. The lowest BCUT2D eigenvalue weighted by molar-refractivity contribution is 0.0715. The predicted molar refractivity (Wildman–Crippen MR) is 142 cm³/mol. The molecule has 36 heavy (non-hydrogen) atoms. The van der Waals surface area contributed by atoms with Gasteiger partial charge in [-0.25, -0.2) is 4.98 Å². The third-order valence-electron chi connectivity index (χ3n) is 8.52. The molecule has 4 heterocycles. The van der Waals surface area contributed by atoms with E-state index in [0.29, 0.717) is 18.0 Å².